The summed E-state index contributed by atoms with van der Waals surface area (Å²) in [5.41, 5.74) is 1.06. The average molecular weight is 179 g/mol. The summed E-state index contributed by atoms with van der Waals surface area (Å²) in [5.74, 6) is 0.302. The predicted molar refractivity (Wildman–Crippen MR) is 55.8 cm³/mol. The van der Waals surface area contributed by atoms with Gasteiger partial charge in [0.2, 0.25) is 0 Å². The topological polar surface area (TPSA) is 32.3 Å². The molecule has 0 aromatic heterocycles. The van der Waals surface area contributed by atoms with Crippen molar-refractivity contribution in [1.82, 2.24) is 0 Å². The lowest BCUT2D eigenvalue weighted by atomic mass is 10.1. The number of aliphatic hydroxyl groups is 1. The van der Waals surface area contributed by atoms with Crippen molar-refractivity contribution in [2.45, 2.75) is 20.0 Å². The highest BCUT2D eigenvalue weighted by Crippen LogP contribution is 2.07. The number of hydrogen-bond donors (Lipinski definition) is 2. The maximum Gasteiger partial charge on any atom is 0.0735 e. The van der Waals surface area contributed by atoms with E-state index in [0.29, 0.717) is 12.5 Å². The van der Waals surface area contributed by atoms with Gasteiger partial charge in [-0.05, 0) is 18.1 Å². The molecule has 0 amide bonds. The zero-order valence-corrected chi connectivity index (χ0v) is 8.20. The normalized spacial score (nSPS) is 12.9. The second-order valence-corrected chi connectivity index (χ2v) is 3.56. The molecule has 0 radical (unpaired) electrons. The van der Waals surface area contributed by atoms with Crippen molar-refractivity contribution < 1.29 is 5.11 Å². The van der Waals surface area contributed by atoms with E-state index in [0.717, 1.165) is 5.69 Å². The Kier molecular flexibility index (Phi) is 3.77. The SMILES string of the molecule is CC(C)C(O)CNc1ccccc1. The lowest BCUT2D eigenvalue weighted by molar-refractivity contribution is 0.138. The van der Waals surface area contributed by atoms with E-state index in [1.807, 2.05) is 44.2 Å². The first-order chi connectivity index (χ1) is 6.20. The highest BCUT2D eigenvalue weighted by Gasteiger charge is 2.07. The molecular formula is C11H17NO. The lowest BCUT2D eigenvalue weighted by Gasteiger charge is -2.15. The van der Waals surface area contributed by atoms with Crippen molar-refractivity contribution >= 4 is 5.69 Å². The van der Waals surface area contributed by atoms with Crippen LogP contribution in [0.4, 0.5) is 5.69 Å². The average Bonchev–Trinajstić information content (AvgIpc) is 2.15. The highest BCUT2D eigenvalue weighted by atomic mass is 16.3. The fourth-order valence-corrected chi connectivity index (χ4v) is 1.01. The van der Waals surface area contributed by atoms with E-state index in [1.54, 1.807) is 0 Å². The molecule has 0 heterocycles. The number of aliphatic hydroxyl groups excluding tert-OH is 1. The van der Waals surface area contributed by atoms with E-state index >= 15 is 0 Å². The van der Waals surface area contributed by atoms with Crippen LogP contribution in [0.3, 0.4) is 0 Å². The molecule has 2 N–H and O–H groups in total. The fraction of sp³-hybridized carbons (Fsp3) is 0.455. The Balaban J connectivity index is 2.35. The number of benzene rings is 1. The Morgan fingerprint density at radius 1 is 1.23 bits per heavy atom. The van der Waals surface area contributed by atoms with Crippen LogP contribution in [-0.4, -0.2) is 17.8 Å². The fourth-order valence-electron chi connectivity index (χ4n) is 1.01. The zero-order valence-electron chi connectivity index (χ0n) is 8.20. The smallest absolute Gasteiger partial charge is 0.0735 e. The molecule has 1 unspecified atom stereocenters. The summed E-state index contributed by atoms with van der Waals surface area (Å²) in [6, 6.07) is 9.92. The minimum atomic E-state index is -0.278. The van der Waals surface area contributed by atoms with Gasteiger partial charge in [0.25, 0.3) is 0 Å². The molecule has 72 valence electrons. The van der Waals surface area contributed by atoms with Crippen LogP contribution in [0.5, 0.6) is 0 Å². The largest absolute Gasteiger partial charge is 0.391 e. The van der Waals surface area contributed by atoms with Crippen LogP contribution in [-0.2, 0) is 0 Å². The minimum Gasteiger partial charge on any atom is -0.391 e. The Morgan fingerprint density at radius 2 is 1.85 bits per heavy atom. The molecule has 2 nitrogen and oxygen atoms in total. The van der Waals surface area contributed by atoms with Gasteiger partial charge in [0, 0.05) is 12.2 Å². The van der Waals surface area contributed by atoms with E-state index < -0.39 is 0 Å². The molecule has 2 heteroatoms. The first-order valence-corrected chi connectivity index (χ1v) is 4.67. The third-order valence-corrected chi connectivity index (χ3v) is 2.06. The number of nitrogens with one attached hydrogen (secondary N) is 1. The van der Waals surface area contributed by atoms with Gasteiger partial charge >= 0.3 is 0 Å². The molecule has 0 aliphatic rings. The van der Waals surface area contributed by atoms with E-state index in [1.165, 1.54) is 0 Å². The van der Waals surface area contributed by atoms with Crippen molar-refractivity contribution in [2.24, 2.45) is 5.92 Å². The summed E-state index contributed by atoms with van der Waals surface area (Å²) in [6.07, 6.45) is -0.278. The van der Waals surface area contributed by atoms with Gasteiger partial charge in [0.1, 0.15) is 0 Å². The molecule has 1 aromatic rings. The summed E-state index contributed by atoms with van der Waals surface area (Å²) in [4.78, 5) is 0. The number of para-hydroxylation sites is 1. The molecule has 13 heavy (non-hydrogen) atoms. The second kappa shape index (κ2) is 4.87. The summed E-state index contributed by atoms with van der Waals surface area (Å²) in [5, 5.41) is 12.7. The molecule has 0 aliphatic heterocycles. The number of anilines is 1. The molecule has 0 bridgehead atoms. The number of rotatable bonds is 4. The highest BCUT2D eigenvalue weighted by molar-refractivity contribution is 5.42. The van der Waals surface area contributed by atoms with Crippen molar-refractivity contribution in [3.8, 4) is 0 Å². The quantitative estimate of drug-likeness (QED) is 0.742. The van der Waals surface area contributed by atoms with Gasteiger partial charge in [0.05, 0.1) is 6.10 Å². The predicted octanol–water partition coefficient (Wildman–Crippen LogP) is 2.12. The molecular weight excluding hydrogens is 162 g/mol. The molecule has 0 fully saturated rings. The van der Waals surface area contributed by atoms with Crippen molar-refractivity contribution in [3.05, 3.63) is 30.3 Å². The Bertz CT molecular complexity index is 233. The molecule has 0 spiro atoms. The Labute approximate surface area is 79.6 Å². The summed E-state index contributed by atoms with van der Waals surface area (Å²) in [6.45, 7) is 4.64. The maximum absolute atomic E-state index is 9.53. The minimum absolute atomic E-state index is 0.278. The van der Waals surface area contributed by atoms with Crippen LogP contribution < -0.4 is 5.32 Å². The molecule has 0 saturated heterocycles. The summed E-state index contributed by atoms with van der Waals surface area (Å²) < 4.78 is 0. The van der Waals surface area contributed by atoms with Crippen LogP contribution in [0.1, 0.15) is 13.8 Å². The van der Waals surface area contributed by atoms with Crippen molar-refractivity contribution in [1.29, 1.82) is 0 Å². The van der Waals surface area contributed by atoms with Gasteiger partial charge in [-0.25, -0.2) is 0 Å². The van der Waals surface area contributed by atoms with Crippen LogP contribution in [0.15, 0.2) is 30.3 Å². The van der Waals surface area contributed by atoms with Crippen molar-refractivity contribution in [2.75, 3.05) is 11.9 Å². The first kappa shape index (κ1) is 10.1. The Morgan fingerprint density at radius 3 is 2.38 bits per heavy atom. The molecule has 0 aliphatic carbocycles. The van der Waals surface area contributed by atoms with E-state index in [4.69, 9.17) is 0 Å². The van der Waals surface area contributed by atoms with E-state index in [-0.39, 0.29) is 6.10 Å². The Hall–Kier alpha value is -1.02. The first-order valence-electron chi connectivity index (χ1n) is 4.67. The van der Waals surface area contributed by atoms with Gasteiger partial charge in [-0.15, -0.1) is 0 Å². The second-order valence-electron chi connectivity index (χ2n) is 3.56. The van der Waals surface area contributed by atoms with Gasteiger partial charge in [0.15, 0.2) is 0 Å². The van der Waals surface area contributed by atoms with Gasteiger partial charge in [-0.1, -0.05) is 32.0 Å². The number of hydrogen-bond acceptors (Lipinski definition) is 2. The maximum atomic E-state index is 9.53. The van der Waals surface area contributed by atoms with Crippen molar-refractivity contribution in [3.63, 3.8) is 0 Å². The van der Waals surface area contributed by atoms with Crippen LogP contribution in [0.25, 0.3) is 0 Å². The zero-order chi connectivity index (χ0) is 9.68. The molecule has 1 aromatic carbocycles. The standard InChI is InChI=1S/C11H17NO/c1-9(2)11(13)8-12-10-6-4-3-5-7-10/h3-7,9,11-13H,8H2,1-2H3. The molecule has 1 rings (SSSR count). The monoisotopic (exact) mass is 179 g/mol. The van der Waals surface area contributed by atoms with Crippen LogP contribution >= 0.6 is 0 Å². The van der Waals surface area contributed by atoms with Gasteiger partial charge in [-0.3, -0.25) is 0 Å². The molecule has 0 saturated carbocycles. The van der Waals surface area contributed by atoms with Gasteiger partial charge in [-0.2, -0.15) is 0 Å². The molecule has 1 atom stereocenters. The van der Waals surface area contributed by atoms with Gasteiger partial charge < -0.3 is 10.4 Å². The lowest BCUT2D eigenvalue weighted by Crippen LogP contribution is -2.24. The third-order valence-electron chi connectivity index (χ3n) is 2.06. The summed E-state index contributed by atoms with van der Waals surface area (Å²) >= 11 is 0. The van der Waals surface area contributed by atoms with E-state index in [9.17, 15) is 5.11 Å². The van der Waals surface area contributed by atoms with E-state index in [2.05, 4.69) is 5.32 Å². The third kappa shape index (κ3) is 3.47. The van der Waals surface area contributed by atoms with Crippen LogP contribution in [0.2, 0.25) is 0 Å². The summed E-state index contributed by atoms with van der Waals surface area (Å²) in [7, 11) is 0. The van der Waals surface area contributed by atoms with Crippen LogP contribution in [0, 0.1) is 5.92 Å².